The van der Waals surface area contributed by atoms with Gasteiger partial charge in [-0.2, -0.15) is 4.98 Å². The van der Waals surface area contributed by atoms with E-state index in [-0.39, 0.29) is 0 Å². The van der Waals surface area contributed by atoms with Crippen molar-refractivity contribution in [2.45, 2.75) is 12.5 Å². The van der Waals surface area contributed by atoms with Crippen molar-refractivity contribution in [3.8, 4) is 16.5 Å². The van der Waals surface area contributed by atoms with Crippen LogP contribution in [0.2, 0.25) is 0 Å². The highest BCUT2D eigenvalue weighted by molar-refractivity contribution is 7.13. The van der Waals surface area contributed by atoms with Crippen molar-refractivity contribution in [1.82, 2.24) is 15.0 Å². The van der Waals surface area contributed by atoms with Gasteiger partial charge in [0.1, 0.15) is 5.75 Å². The van der Waals surface area contributed by atoms with Gasteiger partial charge in [0.25, 0.3) is 0 Å². The van der Waals surface area contributed by atoms with Crippen LogP contribution in [0.15, 0.2) is 46.3 Å². The first-order chi connectivity index (χ1) is 11.3. The van der Waals surface area contributed by atoms with Crippen LogP contribution in [0, 0.1) is 0 Å². The molecular formula is C17H17N3O2S. The Labute approximate surface area is 138 Å². The highest BCUT2D eigenvalue weighted by Gasteiger charge is 2.32. The number of benzene rings is 1. The van der Waals surface area contributed by atoms with Crippen molar-refractivity contribution in [3.63, 3.8) is 0 Å². The summed E-state index contributed by atoms with van der Waals surface area (Å²) in [6, 6.07) is 12.2. The number of hydrogen-bond donors (Lipinski definition) is 0. The van der Waals surface area contributed by atoms with Gasteiger partial charge in [0.2, 0.25) is 11.7 Å². The first kappa shape index (κ1) is 14.4. The van der Waals surface area contributed by atoms with Gasteiger partial charge in [0, 0.05) is 19.6 Å². The number of ether oxygens (including phenoxy) is 1. The van der Waals surface area contributed by atoms with Gasteiger partial charge in [-0.3, -0.25) is 4.90 Å². The Kier molecular flexibility index (Phi) is 3.85. The van der Waals surface area contributed by atoms with E-state index in [2.05, 4.69) is 27.2 Å². The van der Waals surface area contributed by atoms with Gasteiger partial charge in [0.05, 0.1) is 17.9 Å². The minimum atomic E-state index is 0.342. The van der Waals surface area contributed by atoms with E-state index >= 15 is 0 Å². The van der Waals surface area contributed by atoms with Crippen LogP contribution in [0.25, 0.3) is 10.7 Å². The largest absolute Gasteiger partial charge is 0.497 e. The van der Waals surface area contributed by atoms with E-state index in [1.54, 1.807) is 18.4 Å². The predicted octanol–water partition coefficient (Wildman–Crippen LogP) is 3.41. The van der Waals surface area contributed by atoms with Crippen LogP contribution >= 0.6 is 11.3 Å². The highest BCUT2D eigenvalue weighted by atomic mass is 32.1. The Morgan fingerprint density at radius 2 is 2.09 bits per heavy atom. The van der Waals surface area contributed by atoms with Gasteiger partial charge < -0.3 is 9.26 Å². The molecule has 0 N–H and O–H groups in total. The minimum Gasteiger partial charge on any atom is -0.497 e. The fourth-order valence-electron chi connectivity index (χ4n) is 2.75. The molecule has 23 heavy (non-hydrogen) atoms. The van der Waals surface area contributed by atoms with Gasteiger partial charge in [-0.1, -0.05) is 23.4 Å². The van der Waals surface area contributed by atoms with Crippen LogP contribution in [0.1, 0.15) is 17.4 Å². The molecular weight excluding hydrogens is 310 g/mol. The van der Waals surface area contributed by atoms with Gasteiger partial charge in [-0.05, 0) is 29.1 Å². The van der Waals surface area contributed by atoms with Crippen LogP contribution in [0.4, 0.5) is 0 Å². The summed E-state index contributed by atoms with van der Waals surface area (Å²) in [5.41, 5.74) is 1.29. The first-order valence-corrected chi connectivity index (χ1v) is 8.42. The number of rotatable bonds is 5. The number of aromatic nitrogens is 2. The Bertz CT molecular complexity index is 762. The van der Waals surface area contributed by atoms with Crippen LogP contribution in [-0.2, 0) is 6.54 Å². The molecule has 0 unspecified atom stereocenters. The van der Waals surface area contributed by atoms with E-state index in [4.69, 9.17) is 9.26 Å². The molecule has 0 atom stereocenters. The molecule has 1 saturated heterocycles. The molecule has 0 spiro atoms. The molecule has 0 aliphatic carbocycles. The molecule has 0 bridgehead atoms. The molecule has 2 aromatic heterocycles. The second-order valence-electron chi connectivity index (χ2n) is 5.67. The molecule has 1 aromatic carbocycles. The van der Waals surface area contributed by atoms with E-state index in [0.29, 0.717) is 11.7 Å². The number of thiophene rings is 1. The monoisotopic (exact) mass is 327 g/mol. The predicted molar refractivity (Wildman–Crippen MR) is 88.6 cm³/mol. The quantitative estimate of drug-likeness (QED) is 0.719. The number of nitrogens with zero attached hydrogens (tertiary/aromatic N) is 3. The van der Waals surface area contributed by atoms with Crippen LogP contribution < -0.4 is 4.74 Å². The Morgan fingerprint density at radius 1 is 1.26 bits per heavy atom. The maximum Gasteiger partial charge on any atom is 0.232 e. The fourth-order valence-corrected chi connectivity index (χ4v) is 3.40. The van der Waals surface area contributed by atoms with Crippen molar-refractivity contribution in [2.75, 3.05) is 20.2 Å². The second kappa shape index (κ2) is 6.14. The third-order valence-corrected chi connectivity index (χ3v) is 4.92. The lowest BCUT2D eigenvalue weighted by Gasteiger charge is -2.37. The summed E-state index contributed by atoms with van der Waals surface area (Å²) >= 11 is 1.63. The van der Waals surface area contributed by atoms with Gasteiger partial charge in [-0.25, -0.2) is 0 Å². The molecule has 4 rings (SSSR count). The lowest BCUT2D eigenvalue weighted by Crippen LogP contribution is -2.44. The van der Waals surface area contributed by atoms with Crippen LogP contribution in [0.5, 0.6) is 5.75 Å². The highest BCUT2D eigenvalue weighted by Crippen LogP contribution is 2.30. The molecule has 0 saturated carbocycles. The standard InChI is InChI=1S/C17H17N3O2S/c1-21-14-6-4-12(5-7-14)9-20-10-13(11-20)17-18-16(19-22-17)15-3-2-8-23-15/h2-8,13H,9-11H2,1H3. The minimum absolute atomic E-state index is 0.342. The van der Waals surface area contributed by atoms with Crippen molar-refractivity contribution in [2.24, 2.45) is 0 Å². The molecule has 3 heterocycles. The normalized spacial score (nSPS) is 15.5. The molecule has 0 amide bonds. The van der Waals surface area contributed by atoms with Gasteiger partial charge in [-0.15, -0.1) is 11.3 Å². The lowest BCUT2D eigenvalue weighted by atomic mass is 9.99. The van der Waals surface area contributed by atoms with E-state index in [0.717, 1.165) is 36.2 Å². The van der Waals surface area contributed by atoms with Crippen molar-refractivity contribution in [1.29, 1.82) is 0 Å². The number of likely N-dealkylation sites (tertiary alicyclic amines) is 1. The summed E-state index contributed by atoms with van der Waals surface area (Å²) in [6.45, 7) is 2.85. The maximum absolute atomic E-state index is 5.42. The zero-order chi connectivity index (χ0) is 15.6. The molecule has 6 heteroatoms. The van der Waals surface area contributed by atoms with E-state index in [9.17, 15) is 0 Å². The lowest BCUT2D eigenvalue weighted by molar-refractivity contribution is 0.117. The molecule has 0 radical (unpaired) electrons. The maximum atomic E-state index is 5.42. The summed E-state index contributed by atoms with van der Waals surface area (Å²) in [6.07, 6.45) is 0. The summed E-state index contributed by atoms with van der Waals surface area (Å²) in [5, 5.41) is 6.10. The molecule has 118 valence electrons. The topological polar surface area (TPSA) is 51.4 Å². The average Bonchev–Trinajstić information content (AvgIpc) is 3.22. The first-order valence-electron chi connectivity index (χ1n) is 7.54. The molecule has 1 aliphatic rings. The fraction of sp³-hybridized carbons (Fsp3) is 0.294. The van der Waals surface area contributed by atoms with Crippen molar-refractivity contribution in [3.05, 3.63) is 53.2 Å². The SMILES string of the molecule is COc1ccc(CN2CC(c3nc(-c4cccs4)no3)C2)cc1. The van der Waals surface area contributed by atoms with Gasteiger partial charge >= 0.3 is 0 Å². The number of methoxy groups -OCH3 is 1. The Balaban J connectivity index is 1.34. The van der Waals surface area contributed by atoms with Crippen molar-refractivity contribution < 1.29 is 9.26 Å². The zero-order valence-electron chi connectivity index (χ0n) is 12.8. The molecule has 3 aromatic rings. The Morgan fingerprint density at radius 3 is 2.78 bits per heavy atom. The van der Waals surface area contributed by atoms with Gasteiger partial charge in [0.15, 0.2) is 0 Å². The summed E-state index contributed by atoms with van der Waals surface area (Å²) in [4.78, 5) is 7.96. The smallest absolute Gasteiger partial charge is 0.232 e. The third kappa shape index (κ3) is 3.00. The van der Waals surface area contributed by atoms with Crippen molar-refractivity contribution >= 4 is 11.3 Å². The summed E-state index contributed by atoms with van der Waals surface area (Å²) in [7, 11) is 1.68. The summed E-state index contributed by atoms with van der Waals surface area (Å²) < 4.78 is 10.6. The summed E-state index contributed by atoms with van der Waals surface area (Å²) in [5.74, 6) is 2.68. The average molecular weight is 327 g/mol. The number of hydrogen-bond acceptors (Lipinski definition) is 6. The second-order valence-corrected chi connectivity index (χ2v) is 6.62. The third-order valence-electron chi connectivity index (χ3n) is 4.05. The van der Waals surface area contributed by atoms with Crippen LogP contribution in [0.3, 0.4) is 0 Å². The van der Waals surface area contributed by atoms with E-state index in [1.807, 2.05) is 29.6 Å². The van der Waals surface area contributed by atoms with Crippen LogP contribution in [-0.4, -0.2) is 35.2 Å². The van der Waals surface area contributed by atoms with E-state index in [1.165, 1.54) is 5.56 Å². The zero-order valence-corrected chi connectivity index (χ0v) is 13.6. The Hall–Kier alpha value is -2.18. The molecule has 1 aliphatic heterocycles. The van der Waals surface area contributed by atoms with E-state index < -0.39 is 0 Å². The molecule has 1 fully saturated rings. The molecule has 5 nitrogen and oxygen atoms in total.